The summed E-state index contributed by atoms with van der Waals surface area (Å²) in [6.07, 6.45) is -5.55. The Balaban J connectivity index is 1.59. The quantitative estimate of drug-likeness (QED) is 0.720. The maximum absolute atomic E-state index is 12.8. The number of anilines is 1. The Kier molecular flexibility index (Phi) is 5.19. The second kappa shape index (κ2) is 7.06. The van der Waals surface area contributed by atoms with E-state index in [4.69, 9.17) is 0 Å². The van der Waals surface area contributed by atoms with Crippen molar-refractivity contribution in [2.75, 3.05) is 37.6 Å². The SMILES string of the molecule is O[C@H]1[C@H](O)CN(C[C@@H]2CCN(c3cc(C(F)(F)F)ccn3)C2)C[C@@H]1O. The zero-order valence-corrected chi connectivity index (χ0v) is 13.6. The molecule has 0 aromatic carbocycles. The van der Waals surface area contributed by atoms with Crippen molar-refractivity contribution in [3.63, 3.8) is 0 Å². The van der Waals surface area contributed by atoms with Crippen molar-refractivity contribution in [3.05, 3.63) is 23.9 Å². The zero-order valence-electron chi connectivity index (χ0n) is 13.6. The number of halogens is 3. The molecule has 1 aromatic heterocycles. The molecular formula is C16H22F3N3O3. The van der Waals surface area contributed by atoms with Crippen LogP contribution in [-0.4, -0.2) is 76.2 Å². The maximum atomic E-state index is 12.8. The van der Waals surface area contributed by atoms with Crippen molar-refractivity contribution in [3.8, 4) is 0 Å². The van der Waals surface area contributed by atoms with E-state index in [2.05, 4.69) is 4.98 Å². The molecule has 1 aromatic rings. The van der Waals surface area contributed by atoms with Crippen LogP contribution in [-0.2, 0) is 6.18 Å². The number of aromatic nitrogens is 1. The summed E-state index contributed by atoms with van der Waals surface area (Å²) in [6.45, 7) is 2.34. The van der Waals surface area contributed by atoms with Gasteiger partial charge in [-0.25, -0.2) is 4.98 Å². The Morgan fingerprint density at radius 1 is 1.12 bits per heavy atom. The number of hydrogen-bond donors (Lipinski definition) is 3. The molecule has 0 unspecified atom stereocenters. The summed E-state index contributed by atoms with van der Waals surface area (Å²) in [5.74, 6) is 0.512. The van der Waals surface area contributed by atoms with Crippen LogP contribution in [0.4, 0.5) is 19.0 Å². The van der Waals surface area contributed by atoms with E-state index in [-0.39, 0.29) is 19.0 Å². The minimum Gasteiger partial charge on any atom is -0.389 e. The third-order valence-electron chi connectivity index (χ3n) is 4.88. The normalized spacial score (nSPS) is 31.5. The number of rotatable bonds is 3. The number of likely N-dealkylation sites (tertiary alicyclic amines) is 1. The van der Waals surface area contributed by atoms with Crippen molar-refractivity contribution in [2.24, 2.45) is 5.92 Å². The second-order valence-corrected chi connectivity index (χ2v) is 6.85. The molecule has 3 rings (SSSR count). The molecule has 0 amide bonds. The minimum atomic E-state index is -4.39. The van der Waals surface area contributed by atoms with Gasteiger partial charge in [-0.2, -0.15) is 13.2 Å². The number of alkyl halides is 3. The summed E-state index contributed by atoms with van der Waals surface area (Å²) in [5, 5.41) is 29.1. The molecule has 140 valence electrons. The van der Waals surface area contributed by atoms with Crippen LogP contribution >= 0.6 is 0 Å². The number of hydrogen-bond acceptors (Lipinski definition) is 6. The Labute approximate surface area is 143 Å². The Morgan fingerprint density at radius 2 is 1.80 bits per heavy atom. The summed E-state index contributed by atoms with van der Waals surface area (Å²) >= 11 is 0. The molecule has 2 saturated heterocycles. The van der Waals surface area contributed by atoms with Crippen LogP contribution in [0.2, 0.25) is 0 Å². The van der Waals surface area contributed by atoms with E-state index in [1.165, 1.54) is 6.20 Å². The van der Waals surface area contributed by atoms with Crippen molar-refractivity contribution in [1.82, 2.24) is 9.88 Å². The lowest BCUT2D eigenvalue weighted by atomic mass is 10.00. The van der Waals surface area contributed by atoms with Gasteiger partial charge < -0.3 is 20.2 Å². The molecule has 9 heteroatoms. The van der Waals surface area contributed by atoms with Gasteiger partial charge in [0.25, 0.3) is 0 Å². The molecule has 2 fully saturated rings. The van der Waals surface area contributed by atoms with Crippen LogP contribution in [0.25, 0.3) is 0 Å². The standard InChI is InChI=1S/C16H22F3N3O3/c17-16(18,19)11-1-3-20-14(5-11)22-4-2-10(7-22)6-21-8-12(23)15(25)13(24)9-21/h1,3,5,10,12-13,15,23-25H,2,4,6-9H2/t10-,12-,13+,15+/m0/s1. The highest BCUT2D eigenvalue weighted by Crippen LogP contribution is 2.32. The van der Waals surface area contributed by atoms with Gasteiger partial charge in [0, 0.05) is 38.9 Å². The number of aliphatic hydroxyl groups excluding tert-OH is 3. The van der Waals surface area contributed by atoms with Crippen LogP contribution < -0.4 is 4.90 Å². The number of aliphatic hydroxyl groups is 3. The van der Waals surface area contributed by atoms with Gasteiger partial charge >= 0.3 is 6.18 Å². The first-order valence-electron chi connectivity index (χ1n) is 8.29. The third kappa shape index (κ3) is 4.22. The summed E-state index contributed by atoms with van der Waals surface area (Å²) in [6, 6.07) is 2.02. The highest BCUT2D eigenvalue weighted by Gasteiger charge is 2.36. The van der Waals surface area contributed by atoms with Gasteiger partial charge in [-0.15, -0.1) is 0 Å². The summed E-state index contributed by atoms with van der Waals surface area (Å²) in [7, 11) is 0. The lowest BCUT2D eigenvalue weighted by molar-refractivity contribution is -0.137. The average molecular weight is 361 g/mol. The molecule has 3 heterocycles. The first kappa shape index (κ1) is 18.4. The van der Waals surface area contributed by atoms with E-state index in [9.17, 15) is 28.5 Å². The molecule has 2 aliphatic heterocycles. The van der Waals surface area contributed by atoms with Gasteiger partial charge in [0.1, 0.15) is 11.9 Å². The molecule has 3 N–H and O–H groups in total. The van der Waals surface area contributed by atoms with Crippen LogP contribution in [0.3, 0.4) is 0 Å². The van der Waals surface area contributed by atoms with Gasteiger partial charge in [-0.3, -0.25) is 4.90 Å². The van der Waals surface area contributed by atoms with Crippen LogP contribution in [0, 0.1) is 5.92 Å². The van der Waals surface area contributed by atoms with E-state index in [0.717, 1.165) is 18.6 Å². The molecular weight excluding hydrogens is 339 g/mol. The number of β-amino-alcohol motifs (C(OH)–C–C–N with tert-alkyl or cyclic N) is 2. The molecule has 2 aliphatic rings. The fourth-order valence-electron chi connectivity index (χ4n) is 3.55. The van der Waals surface area contributed by atoms with Crippen molar-refractivity contribution in [2.45, 2.75) is 30.9 Å². The topological polar surface area (TPSA) is 80.1 Å². The van der Waals surface area contributed by atoms with Crippen LogP contribution in [0.15, 0.2) is 18.3 Å². The molecule has 0 radical (unpaired) electrons. The molecule has 4 atom stereocenters. The third-order valence-corrected chi connectivity index (χ3v) is 4.88. The smallest absolute Gasteiger partial charge is 0.389 e. The Morgan fingerprint density at radius 3 is 2.44 bits per heavy atom. The predicted octanol–water partition coefficient (Wildman–Crippen LogP) is 0.325. The fourth-order valence-corrected chi connectivity index (χ4v) is 3.55. The highest BCUT2D eigenvalue weighted by molar-refractivity contribution is 5.42. The summed E-state index contributed by atoms with van der Waals surface area (Å²) in [5.41, 5.74) is -0.711. The maximum Gasteiger partial charge on any atom is 0.416 e. The van der Waals surface area contributed by atoms with Crippen LogP contribution in [0.1, 0.15) is 12.0 Å². The Bertz CT molecular complexity index is 589. The monoisotopic (exact) mass is 361 g/mol. The molecule has 25 heavy (non-hydrogen) atoms. The first-order chi connectivity index (χ1) is 11.7. The van der Waals surface area contributed by atoms with E-state index in [1.807, 2.05) is 9.80 Å². The zero-order chi connectivity index (χ0) is 18.2. The van der Waals surface area contributed by atoms with E-state index in [0.29, 0.717) is 25.5 Å². The average Bonchev–Trinajstić information content (AvgIpc) is 3.00. The van der Waals surface area contributed by atoms with Gasteiger partial charge in [0.15, 0.2) is 0 Å². The summed E-state index contributed by atoms with van der Waals surface area (Å²) in [4.78, 5) is 7.76. The van der Waals surface area contributed by atoms with Gasteiger partial charge in [0.05, 0.1) is 17.8 Å². The van der Waals surface area contributed by atoms with Crippen molar-refractivity contribution in [1.29, 1.82) is 0 Å². The van der Waals surface area contributed by atoms with E-state index < -0.39 is 30.1 Å². The number of pyridine rings is 1. The number of nitrogens with zero attached hydrogens (tertiary/aromatic N) is 3. The molecule has 0 saturated carbocycles. The minimum absolute atomic E-state index is 0.200. The molecule has 0 spiro atoms. The van der Waals surface area contributed by atoms with E-state index >= 15 is 0 Å². The lowest BCUT2D eigenvalue weighted by Crippen LogP contribution is -2.56. The van der Waals surface area contributed by atoms with Crippen molar-refractivity contribution >= 4 is 5.82 Å². The number of piperidine rings is 1. The lowest BCUT2D eigenvalue weighted by Gasteiger charge is -2.38. The Hall–Kier alpha value is -1.42. The van der Waals surface area contributed by atoms with Crippen molar-refractivity contribution < 1.29 is 28.5 Å². The first-order valence-corrected chi connectivity index (χ1v) is 8.29. The molecule has 6 nitrogen and oxygen atoms in total. The van der Waals surface area contributed by atoms with Gasteiger partial charge in [-0.05, 0) is 24.5 Å². The fraction of sp³-hybridized carbons (Fsp3) is 0.688. The van der Waals surface area contributed by atoms with Gasteiger partial charge in [-0.1, -0.05) is 0 Å². The largest absolute Gasteiger partial charge is 0.416 e. The summed E-state index contributed by atoms with van der Waals surface area (Å²) < 4.78 is 38.5. The van der Waals surface area contributed by atoms with Crippen LogP contribution in [0.5, 0.6) is 0 Å². The predicted molar refractivity (Wildman–Crippen MR) is 84.0 cm³/mol. The van der Waals surface area contributed by atoms with Gasteiger partial charge in [0.2, 0.25) is 0 Å². The highest BCUT2D eigenvalue weighted by atomic mass is 19.4. The molecule has 0 aliphatic carbocycles. The second-order valence-electron chi connectivity index (χ2n) is 6.85. The molecule has 0 bridgehead atoms. The van der Waals surface area contributed by atoms with E-state index in [1.54, 1.807) is 0 Å².